The van der Waals surface area contributed by atoms with E-state index < -0.39 is 0 Å². The number of benzene rings is 1. The van der Waals surface area contributed by atoms with Crippen LogP contribution in [0.3, 0.4) is 0 Å². The van der Waals surface area contributed by atoms with Gasteiger partial charge in [0.2, 0.25) is 11.7 Å². The maximum absolute atomic E-state index is 13.1. The molecule has 1 fully saturated rings. The highest BCUT2D eigenvalue weighted by Crippen LogP contribution is 2.23. The third-order valence-electron chi connectivity index (χ3n) is 4.69. The van der Waals surface area contributed by atoms with Gasteiger partial charge in [0, 0.05) is 25.2 Å². The van der Waals surface area contributed by atoms with E-state index in [9.17, 15) is 14.0 Å². The predicted octanol–water partition coefficient (Wildman–Crippen LogP) is 3.39. The van der Waals surface area contributed by atoms with Crippen LogP contribution in [-0.2, 0) is 4.79 Å². The number of hydrogen-bond donors (Lipinski definition) is 1. The monoisotopic (exact) mass is 359 g/mol. The molecule has 2 aromatic rings. The summed E-state index contributed by atoms with van der Waals surface area (Å²) in [6.45, 7) is 3.06. The summed E-state index contributed by atoms with van der Waals surface area (Å²) in [7, 11) is 0. The first-order valence-electron chi connectivity index (χ1n) is 8.76. The standard InChI is InChI=1S/C19H22FN3O3/c1-13-9-15(20)5-6-16(13)22-18(24)7-4-14-3-2-8-23(11-14)19(25)17-10-21-12-26-17/h5-6,9-10,12,14H,2-4,7-8,11H2,1H3,(H,22,24)/t14-/m1/s1. The van der Waals surface area contributed by atoms with Crippen LogP contribution < -0.4 is 5.32 Å². The van der Waals surface area contributed by atoms with Gasteiger partial charge in [0.25, 0.3) is 5.91 Å². The summed E-state index contributed by atoms with van der Waals surface area (Å²) in [5.74, 6) is -0.0536. The van der Waals surface area contributed by atoms with Crippen molar-refractivity contribution in [3.63, 3.8) is 0 Å². The summed E-state index contributed by atoms with van der Waals surface area (Å²) in [6, 6.07) is 4.29. The highest BCUT2D eigenvalue weighted by molar-refractivity contribution is 5.92. The van der Waals surface area contributed by atoms with E-state index in [1.165, 1.54) is 24.7 Å². The summed E-state index contributed by atoms with van der Waals surface area (Å²) < 4.78 is 18.2. The lowest BCUT2D eigenvalue weighted by molar-refractivity contribution is -0.116. The fraction of sp³-hybridized carbons (Fsp3) is 0.421. The van der Waals surface area contributed by atoms with Crippen LogP contribution in [0.1, 0.15) is 41.8 Å². The average molecular weight is 359 g/mol. The topological polar surface area (TPSA) is 75.4 Å². The van der Waals surface area contributed by atoms with E-state index in [0.29, 0.717) is 37.2 Å². The van der Waals surface area contributed by atoms with Crippen LogP contribution in [0.15, 0.2) is 35.2 Å². The van der Waals surface area contributed by atoms with Crippen LogP contribution in [-0.4, -0.2) is 34.8 Å². The lowest BCUT2D eigenvalue weighted by Crippen LogP contribution is -2.40. The number of amides is 2. The first kappa shape index (κ1) is 18.1. The Morgan fingerprint density at radius 2 is 2.27 bits per heavy atom. The number of halogens is 1. The third-order valence-corrected chi connectivity index (χ3v) is 4.69. The molecule has 1 aromatic carbocycles. The highest BCUT2D eigenvalue weighted by atomic mass is 19.1. The van der Waals surface area contributed by atoms with Gasteiger partial charge in [-0.05, 0) is 55.9 Å². The zero-order valence-corrected chi connectivity index (χ0v) is 14.7. The fourth-order valence-electron chi connectivity index (χ4n) is 3.28. The minimum atomic E-state index is -0.320. The summed E-state index contributed by atoms with van der Waals surface area (Å²) in [4.78, 5) is 30.1. The van der Waals surface area contributed by atoms with Gasteiger partial charge in [0.1, 0.15) is 5.82 Å². The summed E-state index contributed by atoms with van der Waals surface area (Å²) in [5, 5.41) is 2.82. The summed E-state index contributed by atoms with van der Waals surface area (Å²) >= 11 is 0. The molecule has 1 aliphatic heterocycles. The van der Waals surface area contributed by atoms with Gasteiger partial charge < -0.3 is 14.6 Å². The first-order chi connectivity index (χ1) is 12.5. The van der Waals surface area contributed by atoms with Crippen molar-refractivity contribution >= 4 is 17.5 Å². The molecule has 0 radical (unpaired) electrons. The van der Waals surface area contributed by atoms with Crippen LogP contribution >= 0.6 is 0 Å². The Kier molecular flexibility index (Phi) is 5.65. The van der Waals surface area contributed by atoms with E-state index in [1.54, 1.807) is 17.9 Å². The number of nitrogens with one attached hydrogen (secondary N) is 1. The van der Waals surface area contributed by atoms with E-state index in [1.807, 2.05) is 0 Å². The van der Waals surface area contributed by atoms with Crippen molar-refractivity contribution in [2.75, 3.05) is 18.4 Å². The molecule has 0 unspecified atom stereocenters. The number of likely N-dealkylation sites (tertiary alicyclic amines) is 1. The van der Waals surface area contributed by atoms with Crippen LogP contribution in [0.5, 0.6) is 0 Å². The Labute approximate surface area is 151 Å². The number of hydrogen-bond acceptors (Lipinski definition) is 4. The zero-order valence-electron chi connectivity index (χ0n) is 14.7. The number of carbonyl (C=O) groups excluding carboxylic acids is 2. The molecule has 6 nitrogen and oxygen atoms in total. The Bertz CT molecular complexity index is 776. The number of rotatable bonds is 5. The van der Waals surface area contributed by atoms with Crippen molar-refractivity contribution in [3.05, 3.63) is 47.9 Å². The number of carbonyl (C=O) groups is 2. The second-order valence-corrected chi connectivity index (χ2v) is 6.67. The molecule has 1 atom stereocenters. The normalized spacial score (nSPS) is 17.2. The molecule has 26 heavy (non-hydrogen) atoms. The van der Waals surface area contributed by atoms with Crippen LogP contribution in [0.25, 0.3) is 0 Å². The zero-order chi connectivity index (χ0) is 18.5. The smallest absolute Gasteiger partial charge is 0.291 e. The Balaban J connectivity index is 1.49. The van der Waals surface area contributed by atoms with Gasteiger partial charge in [-0.25, -0.2) is 9.37 Å². The van der Waals surface area contributed by atoms with Crippen LogP contribution in [0.4, 0.5) is 10.1 Å². The molecule has 0 aliphatic carbocycles. The fourth-order valence-corrected chi connectivity index (χ4v) is 3.28. The molecule has 7 heteroatoms. The quantitative estimate of drug-likeness (QED) is 0.888. The molecule has 2 heterocycles. The minimum absolute atomic E-state index is 0.0987. The Morgan fingerprint density at radius 3 is 3.00 bits per heavy atom. The molecule has 0 bridgehead atoms. The number of oxazole rings is 1. The van der Waals surface area contributed by atoms with E-state index in [4.69, 9.17) is 4.42 Å². The van der Waals surface area contributed by atoms with Crippen LogP contribution in [0, 0.1) is 18.7 Å². The van der Waals surface area contributed by atoms with Gasteiger partial charge in [0.15, 0.2) is 6.39 Å². The molecule has 0 spiro atoms. The molecule has 1 saturated heterocycles. The molecule has 1 aliphatic rings. The Morgan fingerprint density at radius 1 is 1.42 bits per heavy atom. The maximum Gasteiger partial charge on any atom is 0.291 e. The van der Waals surface area contributed by atoms with Crippen molar-refractivity contribution in [1.82, 2.24) is 9.88 Å². The van der Waals surface area contributed by atoms with Gasteiger partial charge in [0.05, 0.1) is 6.20 Å². The SMILES string of the molecule is Cc1cc(F)ccc1NC(=O)CC[C@H]1CCCN(C(=O)c2cnco2)C1. The largest absolute Gasteiger partial charge is 0.438 e. The molecule has 1 N–H and O–H groups in total. The van der Waals surface area contributed by atoms with E-state index >= 15 is 0 Å². The predicted molar refractivity (Wildman–Crippen MR) is 94.1 cm³/mol. The second kappa shape index (κ2) is 8.12. The van der Waals surface area contributed by atoms with Crippen LogP contribution in [0.2, 0.25) is 0 Å². The Hall–Kier alpha value is -2.70. The minimum Gasteiger partial charge on any atom is -0.438 e. The molecule has 3 rings (SSSR count). The summed E-state index contributed by atoms with van der Waals surface area (Å²) in [6.07, 6.45) is 5.63. The van der Waals surface area contributed by atoms with Crippen molar-refractivity contribution in [3.8, 4) is 0 Å². The average Bonchev–Trinajstić information content (AvgIpc) is 3.17. The molecular formula is C19H22FN3O3. The highest BCUT2D eigenvalue weighted by Gasteiger charge is 2.26. The summed E-state index contributed by atoms with van der Waals surface area (Å²) in [5.41, 5.74) is 1.32. The van der Waals surface area contributed by atoms with Gasteiger partial charge in [-0.3, -0.25) is 9.59 Å². The van der Waals surface area contributed by atoms with E-state index in [0.717, 1.165) is 12.8 Å². The number of aryl methyl sites for hydroxylation is 1. The molecule has 138 valence electrons. The number of aromatic nitrogens is 1. The molecule has 0 saturated carbocycles. The number of piperidine rings is 1. The van der Waals surface area contributed by atoms with Crippen molar-refractivity contribution in [1.29, 1.82) is 0 Å². The lowest BCUT2D eigenvalue weighted by Gasteiger charge is -2.32. The number of nitrogens with zero attached hydrogens (tertiary/aromatic N) is 2. The second-order valence-electron chi connectivity index (χ2n) is 6.67. The number of anilines is 1. The molecule has 1 aromatic heterocycles. The van der Waals surface area contributed by atoms with Crippen molar-refractivity contribution in [2.45, 2.75) is 32.6 Å². The van der Waals surface area contributed by atoms with Gasteiger partial charge >= 0.3 is 0 Å². The lowest BCUT2D eigenvalue weighted by atomic mass is 9.93. The van der Waals surface area contributed by atoms with Gasteiger partial charge in [-0.15, -0.1) is 0 Å². The van der Waals surface area contributed by atoms with Gasteiger partial charge in [-0.2, -0.15) is 0 Å². The van der Waals surface area contributed by atoms with Gasteiger partial charge in [-0.1, -0.05) is 0 Å². The van der Waals surface area contributed by atoms with Crippen molar-refractivity contribution in [2.24, 2.45) is 5.92 Å². The maximum atomic E-state index is 13.1. The van der Waals surface area contributed by atoms with E-state index in [2.05, 4.69) is 10.3 Å². The molecular weight excluding hydrogens is 337 g/mol. The first-order valence-corrected chi connectivity index (χ1v) is 8.76. The third kappa shape index (κ3) is 4.47. The molecule has 2 amide bonds. The van der Waals surface area contributed by atoms with E-state index in [-0.39, 0.29) is 29.3 Å². The van der Waals surface area contributed by atoms with Crippen molar-refractivity contribution < 1.29 is 18.4 Å².